The molecule has 1 radical (unpaired) electrons. The van der Waals surface area contributed by atoms with Crippen LogP contribution in [0.25, 0.3) is 11.2 Å². The monoisotopic (exact) mass is 371 g/mol. The van der Waals surface area contributed by atoms with Gasteiger partial charge in [-0.2, -0.15) is 30.2 Å². The fraction of sp³-hybridized carbons (Fsp3) is 0.500. The second-order valence-corrected chi connectivity index (χ2v) is 6.90. The Kier molecular flexibility index (Phi) is 3.59. The van der Waals surface area contributed by atoms with Crippen molar-refractivity contribution in [2.24, 2.45) is 5.92 Å². The Morgan fingerprint density at radius 1 is 1.50 bits per heavy atom. The van der Waals surface area contributed by atoms with Crippen molar-refractivity contribution in [3.63, 3.8) is 0 Å². The molecule has 3 N–H and O–H groups in total. The highest BCUT2D eigenvalue weighted by Crippen LogP contribution is 2.34. The molecule has 1 aliphatic carbocycles. The van der Waals surface area contributed by atoms with Gasteiger partial charge in [0.15, 0.2) is 11.5 Å². The second kappa shape index (κ2) is 5.19. The number of halogens is 1. The van der Waals surface area contributed by atoms with Crippen LogP contribution in [-0.4, -0.2) is 38.1 Å². The lowest BCUT2D eigenvalue weighted by Crippen LogP contribution is -2.19. The molecule has 1 aliphatic rings. The average molecular weight is 371 g/mol. The maximum Gasteiger partial charge on any atom is 0.472 e. The van der Waals surface area contributed by atoms with Crippen molar-refractivity contribution >= 4 is 55.4 Å². The Morgan fingerprint density at radius 2 is 2.33 bits per heavy atom. The summed E-state index contributed by atoms with van der Waals surface area (Å²) in [5.41, 5.74) is 1.60. The van der Waals surface area contributed by atoms with Gasteiger partial charge in [-0.15, -0.1) is 0 Å². The first-order valence-electron chi connectivity index (χ1n) is 5.94. The standard InChI is InChI=1S/C10H13N6.Al.HI/c1-5(6-2-3-6)14-9-7-8(13-4-12-7)15-10(11)16-9;;/h4-6H,2-3H2,1H3,(H3-,11,12,13,14,15,16);;1H/q-1;+2;/p-1/t5-;;/m0../s1. The van der Waals surface area contributed by atoms with Gasteiger partial charge in [0, 0.05) is 6.04 Å². The third-order valence-corrected chi connectivity index (χ3v) is 4.46. The van der Waals surface area contributed by atoms with Crippen molar-refractivity contribution in [2.45, 2.75) is 25.8 Å². The summed E-state index contributed by atoms with van der Waals surface area (Å²) in [7, 11) is 0. The highest BCUT2D eigenvalue weighted by molar-refractivity contribution is 14.1. The van der Waals surface area contributed by atoms with Gasteiger partial charge in [-0.25, -0.2) is 4.98 Å². The SMILES string of the molecule is C[C@H](Nc1nc([NH][Al][I])nc2nc[nH]c12)C1CC1. The van der Waals surface area contributed by atoms with Crippen LogP contribution in [0.1, 0.15) is 19.8 Å². The number of hydrogen-bond donors (Lipinski definition) is 3. The first-order chi connectivity index (χ1) is 8.78. The van der Waals surface area contributed by atoms with Crippen molar-refractivity contribution < 1.29 is 0 Å². The van der Waals surface area contributed by atoms with Gasteiger partial charge >= 0.3 is 12.2 Å². The van der Waals surface area contributed by atoms with Gasteiger partial charge in [-0.3, -0.25) is 0 Å². The van der Waals surface area contributed by atoms with E-state index in [1.807, 2.05) is 0 Å². The van der Waals surface area contributed by atoms with E-state index in [4.69, 9.17) is 0 Å². The highest BCUT2D eigenvalue weighted by Gasteiger charge is 2.28. The molecule has 1 fully saturated rings. The quantitative estimate of drug-likeness (QED) is 0.553. The van der Waals surface area contributed by atoms with Crippen molar-refractivity contribution in [3.8, 4) is 0 Å². The van der Waals surface area contributed by atoms with E-state index in [1.165, 1.54) is 12.8 Å². The van der Waals surface area contributed by atoms with Gasteiger partial charge in [-0.1, -0.05) is 0 Å². The van der Waals surface area contributed by atoms with Crippen LogP contribution in [0, 0.1) is 5.92 Å². The highest BCUT2D eigenvalue weighted by atomic mass is 127. The molecule has 0 aliphatic heterocycles. The Hall–Kier alpha value is -0.588. The van der Waals surface area contributed by atoms with Crippen LogP contribution in [-0.2, 0) is 0 Å². The smallest absolute Gasteiger partial charge is 0.442 e. The van der Waals surface area contributed by atoms with E-state index in [0.29, 0.717) is 17.6 Å². The molecule has 2 heterocycles. The maximum absolute atomic E-state index is 4.52. The van der Waals surface area contributed by atoms with Crippen molar-refractivity contribution in [3.05, 3.63) is 6.33 Å². The first kappa shape index (κ1) is 12.4. The molecule has 2 aromatic heterocycles. The predicted molar refractivity (Wildman–Crippen MR) is 80.9 cm³/mol. The largest absolute Gasteiger partial charge is 0.472 e. The van der Waals surface area contributed by atoms with Crippen LogP contribution >= 0.6 is 20.3 Å². The zero-order valence-corrected chi connectivity index (χ0v) is 13.3. The molecule has 8 heteroatoms. The molecule has 93 valence electrons. The molecule has 1 atom stereocenters. The Morgan fingerprint density at radius 3 is 3.06 bits per heavy atom. The van der Waals surface area contributed by atoms with Crippen molar-refractivity contribution in [1.82, 2.24) is 19.9 Å². The molecule has 0 unspecified atom stereocenters. The Bertz CT molecular complexity index is 554. The molecule has 0 amide bonds. The average Bonchev–Trinajstić information content (AvgIpc) is 3.09. The fourth-order valence-electron chi connectivity index (χ4n) is 1.98. The number of nitrogens with one attached hydrogen (secondary N) is 3. The lowest BCUT2D eigenvalue weighted by atomic mass is 10.2. The predicted octanol–water partition coefficient (Wildman–Crippen LogP) is 1.94. The molecule has 3 rings (SSSR count). The van der Waals surface area contributed by atoms with Crippen molar-refractivity contribution in [1.29, 1.82) is 0 Å². The number of hydrogen-bond acceptors (Lipinski definition) is 5. The number of aromatic nitrogens is 4. The zero-order chi connectivity index (χ0) is 12.5. The molecule has 0 aromatic carbocycles. The lowest BCUT2D eigenvalue weighted by Gasteiger charge is -2.14. The third-order valence-electron chi connectivity index (χ3n) is 3.16. The topological polar surface area (TPSA) is 78.5 Å². The normalized spacial score (nSPS) is 16.6. The summed E-state index contributed by atoms with van der Waals surface area (Å²) < 4.78 is 3.20. The summed E-state index contributed by atoms with van der Waals surface area (Å²) >= 11 is 2.41. The van der Waals surface area contributed by atoms with Gasteiger partial charge in [0.1, 0.15) is 5.52 Å². The lowest BCUT2D eigenvalue weighted by molar-refractivity contribution is 0.691. The molecule has 18 heavy (non-hydrogen) atoms. The third kappa shape index (κ3) is 2.55. The molecule has 0 saturated heterocycles. The molecule has 0 spiro atoms. The van der Waals surface area contributed by atoms with E-state index >= 15 is 0 Å². The summed E-state index contributed by atoms with van der Waals surface area (Å²) in [6.45, 7) is 2.21. The van der Waals surface area contributed by atoms with Crippen LogP contribution in [0.2, 0.25) is 0 Å². The van der Waals surface area contributed by atoms with Crippen LogP contribution in [0.15, 0.2) is 6.33 Å². The minimum Gasteiger partial charge on any atom is -0.442 e. The minimum absolute atomic E-state index is 0.0970. The summed E-state index contributed by atoms with van der Waals surface area (Å²) in [6, 6.07) is 0.450. The van der Waals surface area contributed by atoms with E-state index < -0.39 is 0 Å². The van der Waals surface area contributed by atoms with Crippen LogP contribution in [0.3, 0.4) is 0 Å². The molecular formula is C10H13AlIN6. The summed E-state index contributed by atoms with van der Waals surface area (Å²) in [5, 5.41) is 3.48. The van der Waals surface area contributed by atoms with Gasteiger partial charge in [0.2, 0.25) is 5.95 Å². The summed E-state index contributed by atoms with van der Waals surface area (Å²) in [5.74, 6) is 2.29. The van der Waals surface area contributed by atoms with Crippen LogP contribution < -0.4 is 9.62 Å². The van der Waals surface area contributed by atoms with E-state index in [0.717, 1.165) is 17.3 Å². The summed E-state index contributed by atoms with van der Waals surface area (Å²) in [4.78, 5) is 16.2. The van der Waals surface area contributed by atoms with E-state index in [-0.39, 0.29) is 12.2 Å². The van der Waals surface area contributed by atoms with Gasteiger partial charge in [-0.05, 0) is 25.7 Å². The van der Waals surface area contributed by atoms with E-state index in [2.05, 4.69) is 56.7 Å². The van der Waals surface area contributed by atoms with Crippen LogP contribution in [0.5, 0.6) is 0 Å². The van der Waals surface area contributed by atoms with Gasteiger partial charge < -0.3 is 14.6 Å². The molecule has 6 nitrogen and oxygen atoms in total. The van der Waals surface area contributed by atoms with Gasteiger partial charge in [0.25, 0.3) is 0 Å². The number of nitrogens with zero attached hydrogens (tertiary/aromatic N) is 3. The fourth-order valence-corrected chi connectivity index (χ4v) is 3.04. The number of anilines is 2. The molecular weight excluding hydrogens is 358 g/mol. The van der Waals surface area contributed by atoms with Crippen molar-refractivity contribution in [2.75, 3.05) is 9.62 Å². The number of imidazole rings is 1. The maximum atomic E-state index is 4.52. The molecule has 0 bridgehead atoms. The number of H-pyrrole nitrogens is 1. The first-order valence-corrected chi connectivity index (χ1v) is 10.7. The summed E-state index contributed by atoms with van der Waals surface area (Å²) in [6.07, 6.45) is 4.29. The molecule has 1 saturated carbocycles. The van der Waals surface area contributed by atoms with Crippen LogP contribution in [0.4, 0.5) is 11.8 Å². The second-order valence-electron chi connectivity index (χ2n) is 4.52. The Balaban J connectivity index is 1.93. The Labute approximate surface area is 122 Å². The molecule has 2 aromatic rings. The number of aromatic amines is 1. The van der Waals surface area contributed by atoms with Gasteiger partial charge in [0.05, 0.1) is 6.33 Å². The zero-order valence-electron chi connectivity index (χ0n) is 9.94. The van der Waals surface area contributed by atoms with E-state index in [1.54, 1.807) is 6.33 Å². The minimum atomic E-state index is 0.0970. The number of fused-ring (bicyclic) bond motifs is 1. The number of rotatable bonds is 5. The van der Waals surface area contributed by atoms with E-state index in [9.17, 15) is 0 Å².